The molecule has 2 rings (SSSR count). The second kappa shape index (κ2) is 6.95. The van der Waals surface area contributed by atoms with Crippen molar-refractivity contribution in [1.82, 2.24) is 0 Å². The third kappa shape index (κ3) is 3.98. The maximum Gasteiger partial charge on any atom is 0.340 e. The van der Waals surface area contributed by atoms with Gasteiger partial charge in [-0.25, -0.2) is 9.18 Å². The Hall–Kier alpha value is -1.53. The highest BCUT2D eigenvalue weighted by Gasteiger charge is 2.16. The van der Waals surface area contributed by atoms with Gasteiger partial charge >= 0.3 is 5.97 Å². The Labute approximate surface area is 134 Å². The third-order valence-corrected chi connectivity index (χ3v) is 4.21. The molecule has 0 amide bonds. The van der Waals surface area contributed by atoms with Crippen molar-refractivity contribution >= 4 is 39.3 Å². The molecule has 2 aromatic rings. The van der Waals surface area contributed by atoms with Crippen molar-refractivity contribution in [1.29, 1.82) is 0 Å². The van der Waals surface area contributed by atoms with E-state index in [4.69, 9.17) is 10.5 Å². The Balaban J connectivity index is 2.32. The van der Waals surface area contributed by atoms with Gasteiger partial charge in [0.2, 0.25) is 0 Å². The van der Waals surface area contributed by atoms with E-state index in [1.54, 1.807) is 6.92 Å². The molecule has 0 aliphatic rings. The second-order valence-electron chi connectivity index (χ2n) is 4.15. The molecule has 0 bridgehead atoms. The molecule has 0 aromatic heterocycles. The zero-order valence-corrected chi connectivity index (χ0v) is 13.6. The Bertz CT molecular complexity index is 661. The highest BCUT2D eigenvalue weighted by atomic mass is 79.9. The summed E-state index contributed by atoms with van der Waals surface area (Å²) in [5.74, 6) is -1.01. The molecule has 110 valence electrons. The molecular weight excluding hydrogens is 357 g/mol. The minimum Gasteiger partial charge on any atom is -0.462 e. The van der Waals surface area contributed by atoms with Crippen molar-refractivity contribution in [3.63, 3.8) is 0 Å². The number of carbonyl (C=O) groups excluding carboxylic acids is 1. The Morgan fingerprint density at radius 2 is 2.00 bits per heavy atom. The molecular formula is C15H13BrFNO2S. The quantitative estimate of drug-likeness (QED) is 0.636. The molecule has 6 heteroatoms. The maximum absolute atomic E-state index is 14.0. The standard InChI is InChI=1S/C15H13BrFNO2S/c1-2-20-15(19)11-7-14(12(17)8-13(11)18)21-10-5-3-9(16)4-6-10/h3-8H,2,18H2,1H3. The van der Waals surface area contributed by atoms with E-state index in [1.807, 2.05) is 24.3 Å². The smallest absolute Gasteiger partial charge is 0.340 e. The molecule has 0 radical (unpaired) electrons. The van der Waals surface area contributed by atoms with Crippen LogP contribution < -0.4 is 5.73 Å². The van der Waals surface area contributed by atoms with Crippen molar-refractivity contribution in [2.45, 2.75) is 16.7 Å². The summed E-state index contributed by atoms with van der Waals surface area (Å²) < 4.78 is 19.8. The fourth-order valence-electron chi connectivity index (χ4n) is 1.66. The zero-order valence-electron chi connectivity index (χ0n) is 11.2. The van der Waals surface area contributed by atoms with Crippen LogP contribution in [0.5, 0.6) is 0 Å². The molecule has 2 N–H and O–H groups in total. The molecule has 0 saturated heterocycles. The van der Waals surface area contributed by atoms with E-state index in [0.717, 1.165) is 15.4 Å². The van der Waals surface area contributed by atoms with Crippen LogP contribution in [0.15, 0.2) is 50.7 Å². The molecule has 0 aliphatic heterocycles. The molecule has 0 aliphatic carbocycles. The van der Waals surface area contributed by atoms with E-state index in [-0.39, 0.29) is 17.9 Å². The lowest BCUT2D eigenvalue weighted by atomic mass is 10.2. The number of nitrogens with two attached hydrogens (primary N) is 1. The Morgan fingerprint density at radius 1 is 1.33 bits per heavy atom. The van der Waals surface area contributed by atoms with Crippen LogP contribution in [0.25, 0.3) is 0 Å². The number of halogens is 2. The topological polar surface area (TPSA) is 52.3 Å². The van der Waals surface area contributed by atoms with Gasteiger partial charge in [-0.1, -0.05) is 27.7 Å². The molecule has 0 unspecified atom stereocenters. The predicted octanol–water partition coefficient (Wildman–Crippen LogP) is 4.50. The molecule has 0 fully saturated rings. The van der Waals surface area contributed by atoms with Crippen molar-refractivity contribution in [3.8, 4) is 0 Å². The number of esters is 1. The SMILES string of the molecule is CCOC(=O)c1cc(Sc2ccc(Br)cc2)c(F)cc1N. The summed E-state index contributed by atoms with van der Waals surface area (Å²) in [6.45, 7) is 1.94. The number of hydrogen-bond donors (Lipinski definition) is 1. The summed E-state index contributed by atoms with van der Waals surface area (Å²) in [7, 11) is 0. The van der Waals surface area contributed by atoms with Crippen LogP contribution in [0.4, 0.5) is 10.1 Å². The van der Waals surface area contributed by atoms with Gasteiger partial charge in [0.15, 0.2) is 0 Å². The lowest BCUT2D eigenvalue weighted by Gasteiger charge is -2.09. The van der Waals surface area contributed by atoms with Gasteiger partial charge in [-0.15, -0.1) is 0 Å². The number of carbonyl (C=O) groups is 1. The van der Waals surface area contributed by atoms with Crippen LogP contribution in [-0.2, 0) is 4.74 Å². The Kier molecular flexibility index (Phi) is 5.25. The van der Waals surface area contributed by atoms with Crippen LogP contribution in [0.1, 0.15) is 17.3 Å². The minimum absolute atomic E-state index is 0.0751. The monoisotopic (exact) mass is 369 g/mol. The number of benzene rings is 2. The van der Waals surface area contributed by atoms with Crippen LogP contribution >= 0.6 is 27.7 Å². The van der Waals surface area contributed by atoms with Gasteiger partial charge in [0.1, 0.15) is 5.82 Å². The Morgan fingerprint density at radius 3 is 2.62 bits per heavy atom. The van der Waals surface area contributed by atoms with Crippen LogP contribution in [0, 0.1) is 5.82 Å². The molecule has 3 nitrogen and oxygen atoms in total. The minimum atomic E-state index is -0.548. The average Bonchev–Trinajstić information content (AvgIpc) is 2.44. The molecule has 0 atom stereocenters. The second-order valence-corrected chi connectivity index (χ2v) is 6.18. The molecule has 0 heterocycles. The van der Waals surface area contributed by atoms with E-state index in [0.29, 0.717) is 4.90 Å². The first kappa shape index (κ1) is 15.9. The predicted molar refractivity (Wildman–Crippen MR) is 85.0 cm³/mol. The number of ether oxygens (including phenoxy) is 1. The van der Waals surface area contributed by atoms with Gasteiger partial charge in [-0.3, -0.25) is 0 Å². The maximum atomic E-state index is 14.0. The number of nitrogen functional groups attached to an aromatic ring is 1. The average molecular weight is 370 g/mol. The molecule has 21 heavy (non-hydrogen) atoms. The van der Waals surface area contributed by atoms with Gasteiger partial charge < -0.3 is 10.5 Å². The number of hydrogen-bond acceptors (Lipinski definition) is 4. The van der Waals surface area contributed by atoms with Crippen molar-refractivity contribution in [2.24, 2.45) is 0 Å². The summed E-state index contributed by atoms with van der Waals surface area (Å²) >= 11 is 4.56. The van der Waals surface area contributed by atoms with E-state index < -0.39 is 11.8 Å². The van der Waals surface area contributed by atoms with Crippen LogP contribution in [0.2, 0.25) is 0 Å². The van der Waals surface area contributed by atoms with Gasteiger partial charge in [0.25, 0.3) is 0 Å². The van der Waals surface area contributed by atoms with E-state index in [2.05, 4.69) is 15.9 Å². The number of rotatable bonds is 4. The van der Waals surface area contributed by atoms with Gasteiger partial charge in [0, 0.05) is 20.0 Å². The lowest BCUT2D eigenvalue weighted by Crippen LogP contribution is -2.08. The normalized spacial score (nSPS) is 10.4. The first-order valence-electron chi connectivity index (χ1n) is 6.20. The summed E-state index contributed by atoms with van der Waals surface area (Å²) in [6.07, 6.45) is 0. The highest BCUT2D eigenvalue weighted by Crippen LogP contribution is 2.33. The molecule has 2 aromatic carbocycles. The molecule has 0 saturated carbocycles. The fraction of sp³-hybridized carbons (Fsp3) is 0.133. The van der Waals surface area contributed by atoms with Crippen molar-refractivity contribution in [2.75, 3.05) is 12.3 Å². The molecule has 0 spiro atoms. The van der Waals surface area contributed by atoms with Gasteiger partial charge in [-0.05, 0) is 43.3 Å². The first-order chi connectivity index (χ1) is 10.0. The van der Waals surface area contributed by atoms with E-state index in [9.17, 15) is 9.18 Å². The zero-order chi connectivity index (χ0) is 15.4. The summed E-state index contributed by atoms with van der Waals surface area (Å²) in [5, 5.41) is 0. The number of anilines is 1. The summed E-state index contributed by atoms with van der Waals surface area (Å²) in [6, 6.07) is 10.0. The third-order valence-electron chi connectivity index (χ3n) is 2.64. The largest absolute Gasteiger partial charge is 0.462 e. The van der Waals surface area contributed by atoms with Crippen LogP contribution in [0.3, 0.4) is 0 Å². The fourth-order valence-corrected chi connectivity index (χ4v) is 2.79. The first-order valence-corrected chi connectivity index (χ1v) is 7.81. The van der Waals surface area contributed by atoms with E-state index in [1.165, 1.54) is 17.8 Å². The summed E-state index contributed by atoms with van der Waals surface area (Å²) in [5.41, 5.74) is 5.93. The lowest BCUT2D eigenvalue weighted by molar-refractivity contribution is 0.0527. The van der Waals surface area contributed by atoms with Gasteiger partial charge in [0.05, 0.1) is 12.2 Å². The van der Waals surface area contributed by atoms with Crippen molar-refractivity contribution < 1.29 is 13.9 Å². The van der Waals surface area contributed by atoms with Crippen molar-refractivity contribution in [3.05, 3.63) is 52.3 Å². The van der Waals surface area contributed by atoms with Crippen LogP contribution in [-0.4, -0.2) is 12.6 Å². The van der Waals surface area contributed by atoms with Gasteiger partial charge in [-0.2, -0.15) is 0 Å². The summed E-state index contributed by atoms with van der Waals surface area (Å²) in [4.78, 5) is 13.0. The highest BCUT2D eigenvalue weighted by molar-refractivity contribution is 9.10. The van der Waals surface area contributed by atoms with E-state index >= 15 is 0 Å².